The van der Waals surface area contributed by atoms with E-state index in [1.807, 2.05) is 13.0 Å². The third-order valence-electron chi connectivity index (χ3n) is 3.65. The van der Waals surface area contributed by atoms with Crippen LogP contribution in [0.4, 0.5) is 13.2 Å². The van der Waals surface area contributed by atoms with E-state index in [2.05, 4.69) is 5.32 Å². The number of hydrogen-bond donors (Lipinski definition) is 2. The number of benzene rings is 2. The van der Waals surface area contributed by atoms with E-state index in [1.54, 1.807) is 6.07 Å². The Morgan fingerprint density at radius 2 is 1.74 bits per heavy atom. The van der Waals surface area contributed by atoms with Crippen molar-refractivity contribution >= 4 is 0 Å². The molecule has 0 aliphatic carbocycles. The predicted octanol–water partition coefficient (Wildman–Crippen LogP) is 3.23. The highest BCUT2D eigenvalue weighted by Crippen LogP contribution is 2.13. The van der Waals surface area contributed by atoms with Crippen molar-refractivity contribution in [2.24, 2.45) is 0 Å². The predicted molar refractivity (Wildman–Crippen MR) is 83.6 cm³/mol. The van der Waals surface area contributed by atoms with Crippen LogP contribution in [0.3, 0.4) is 0 Å². The molecule has 2 N–H and O–H groups in total. The lowest BCUT2D eigenvalue weighted by Gasteiger charge is -2.22. The summed E-state index contributed by atoms with van der Waals surface area (Å²) in [6.07, 6.45) is 0.830. The monoisotopic (exact) mass is 323 g/mol. The zero-order valence-electron chi connectivity index (χ0n) is 12.9. The van der Waals surface area contributed by atoms with E-state index >= 15 is 0 Å². The van der Waals surface area contributed by atoms with E-state index in [1.165, 1.54) is 24.3 Å². The van der Waals surface area contributed by atoms with Gasteiger partial charge in [0, 0.05) is 18.2 Å². The molecule has 2 aromatic carbocycles. The smallest absolute Gasteiger partial charge is 0.129 e. The Balaban J connectivity index is 1.95. The van der Waals surface area contributed by atoms with Crippen LogP contribution in [-0.2, 0) is 12.8 Å². The molecule has 0 amide bonds. The van der Waals surface area contributed by atoms with Crippen LogP contribution < -0.4 is 5.32 Å². The highest BCUT2D eigenvalue weighted by atomic mass is 19.1. The Kier molecular flexibility index (Phi) is 6.19. The first-order valence-electron chi connectivity index (χ1n) is 7.53. The molecule has 5 heteroatoms. The van der Waals surface area contributed by atoms with Gasteiger partial charge >= 0.3 is 0 Å². The van der Waals surface area contributed by atoms with Gasteiger partial charge in [-0.2, -0.15) is 0 Å². The van der Waals surface area contributed by atoms with Crippen molar-refractivity contribution in [1.82, 2.24) is 5.32 Å². The molecule has 0 aliphatic heterocycles. The van der Waals surface area contributed by atoms with E-state index in [4.69, 9.17) is 0 Å². The molecule has 0 radical (unpaired) electrons. The van der Waals surface area contributed by atoms with E-state index in [0.29, 0.717) is 12.0 Å². The van der Waals surface area contributed by atoms with Gasteiger partial charge in [0.2, 0.25) is 0 Å². The minimum Gasteiger partial charge on any atom is -0.395 e. The first-order chi connectivity index (χ1) is 11.0. The lowest BCUT2D eigenvalue weighted by atomic mass is 10.0. The maximum Gasteiger partial charge on any atom is 0.129 e. The molecule has 2 unspecified atom stereocenters. The van der Waals surface area contributed by atoms with Gasteiger partial charge in [0.05, 0.1) is 6.61 Å². The summed E-state index contributed by atoms with van der Waals surface area (Å²) >= 11 is 0. The number of nitrogens with one attached hydrogen (secondary N) is 1. The lowest BCUT2D eigenvalue weighted by molar-refractivity contribution is 0.231. The maximum absolute atomic E-state index is 13.7. The summed E-state index contributed by atoms with van der Waals surface area (Å²) < 4.78 is 39.8. The Labute approximate surface area is 134 Å². The van der Waals surface area contributed by atoms with Crippen LogP contribution in [0.5, 0.6) is 0 Å². The molecule has 2 rings (SSSR count). The lowest BCUT2D eigenvalue weighted by Crippen LogP contribution is -2.41. The SMILES string of the molecule is CC(Cc1cccc(F)c1)NC(CO)Cc1ccc(F)cc1F. The molecular weight excluding hydrogens is 303 g/mol. The van der Waals surface area contributed by atoms with Crippen molar-refractivity contribution in [3.8, 4) is 0 Å². The van der Waals surface area contributed by atoms with E-state index in [0.717, 1.165) is 11.6 Å². The summed E-state index contributed by atoms with van der Waals surface area (Å²) in [6.45, 7) is 1.74. The number of hydrogen-bond acceptors (Lipinski definition) is 2. The van der Waals surface area contributed by atoms with Crippen molar-refractivity contribution in [2.75, 3.05) is 6.61 Å². The van der Waals surface area contributed by atoms with Gasteiger partial charge in [-0.05, 0) is 49.1 Å². The Morgan fingerprint density at radius 1 is 1.00 bits per heavy atom. The highest BCUT2D eigenvalue weighted by Gasteiger charge is 2.15. The van der Waals surface area contributed by atoms with E-state index < -0.39 is 11.6 Å². The minimum atomic E-state index is -0.626. The fourth-order valence-electron chi connectivity index (χ4n) is 2.61. The topological polar surface area (TPSA) is 32.3 Å². The molecule has 0 aromatic heterocycles. The first kappa shape index (κ1) is 17.5. The van der Waals surface area contributed by atoms with Gasteiger partial charge in [-0.15, -0.1) is 0 Å². The second-order valence-corrected chi connectivity index (χ2v) is 5.72. The van der Waals surface area contributed by atoms with Crippen molar-refractivity contribution in [2.45, 2.75) is 31.8 Å². The van der Waals surface area contributed by atoms with Crippen molar-refractivity contribution in [3.63, 3.8) is 0 Å². The van der Waals surface area contributed by atoms with Crippen molar-refractivity contribution in [3.05, 3.63) is 71.0 Å². The summed E-state index contributed by atoms with van der Waals surface area (Å²) in [4.78, 5) is 0. The number of rotatable bonds is 7. The minimum absolute atomic E-state index is 0.0301. The van der Waals surface area contributed by atoms with Gasteiger partial charge in [0.15, 0.2) is 0 Å². The second kappa shape index (κ2) is 8.13. The van der Waals surface area contributed by atoms with Gasteiger partial charge in [0.25, 0.3) is 0 Å². The summed E-state index contributed by atoms with van der Waals surface area (Å²) in [6, 6.07) is 9.34. The molecule has 0 fully saturated rings. The molecule has 2 atom stereocenters. The fourth-order valence-corrected chi connectivity index (χ4v) is 2.61. The maximum atomic E-state index is 13.7. The summed E-state index contributed by atoms with van der Waals surface area (Å²) in [7, 11) is 0. The zero-order chi connectivity index (χ0) is 16.8. The van der Waals surface area contributed by atoms with Gasteiger partial charge in [-0.1, -0.05) is 18.2 Å². The molecule has 0 heterocycles. The van der Waals surface area contributed by atoms with E-state index in [9.17, 15) is 18.3 Å². The molecule has 0 bridgehead atoms. The standard InChI is InChI=1S/C18H20F3NO/c1-12(7-13-3-2-4-15(19)8-13)22-17(11-23)9-14-5-6-16(20)10-18(14)21/h2-6,8,10,12,17,22-23H,7,9,11H2,1H3. The molecular formula is C18H20F3NO. The summed E-state index contributed by atoms with van der Waals surface area (Å²) in [5.74, 6) is -1.54. The fraction of sp³-hybridized carbons (Fsp3) is 0.333. The summed E-state index contributed by atoms with van der Waals surface area (Å²) in [5.41, 5.74) is 1.19. The van der Waals surface area contributed by atoms with Crippen molar-refractivity contribution < 1.29 is 18.3 Å². The highest BCUT2D eigenvalue weighted by molar-refractivity contribution is 5.20. The van der Waals surface area contributed by atoms with Crippen LogP contribution >= 0.6 is 0 Å². The average Bonchev–Trinajstić information content (AvgIpc) is 2.49. The molecule has 23 heavy (non-hydrogen) atoms. The van der Waals surface area contributed by atoms with Gasteiger partial charge in [-0.25, -0.2) is 13.2 Å². The molecule has 0 spiro atoms. The molecule has 0 aliphatic rings. The van der Waals surface area contributed by atoms with Crippen LogP contribution in [0, 0.1) is 17.5 Å². The Bertz CT molecular complexity index is 648. The normalized spacial score (nSPS) is 13.8. The Hall–Kier alpha value is -1.85. The number of aliphatic hydroxyl groups excluding tert-OH is 1. The van der Waals surface area contributed by atoms with Crippen LogP contribution in [0.15, 0.2) is 42.5 Å². The molecule has 0 saturated carbocycles. The molecule has 124 valence electrons. The first-order valence-corrected chi connectivity index (χ1v) is 7.53. The van der Waals surface area contributed by atoms with Crippen LogP contribution in [0.25, 0.3) is 0 Å². The van der Waals surface area contributed by atoms with Gasteiger partial charge in [0.1, 0.15) is 17.5 Å². The molecule has 0 saturated heterocycles. The third-order valence-corrected chi connectivity index (χ3v) is 3.65. The summed E-state index contributed by atoms with van der Waals surface area (Å²) in [5, 5.41) is 12.7. The largest absolute Gasteiger partial charge is 0.395 e. The Morgan fingerprint density at radius 3 is 2.39 bits per heavy atom. The van der Waals surface area contributed by atoms with Crippen LogP contribution in [0.1, 0.15) is 18.1 Å². The van der Waals surface area contributed by atoms with Crippen molar-refractivity contribution in [1.29, 1.82) is 0 Å². The van der Waals surface area contributed by atoms with Crippen LogP contribution in [0.2, 0.25) is 0 Å². The number of aliphatic hydroxyl groups is 1. The second-order valence-electron chi connectivity index (χ2n) is 5.72. The third kappa shape index (κ3) is 5.37. The average molecular weight is 323 g/mol. The van der Waals surface area contributed by atoms with Gasteiger partial charge in [-0.3, -0.25) is 0 Å². The molecule has 2 aromatic rings. The zero-order valence-corrected chi connectivity index (χ0v) is 12.9. The van der Waals surface area contributed by atoms with Crippen LogP contribution in [-0.4, -0.2) is 23.8 Å². The molecule has 2 nitrogen and oxygen atoms in total. The quantitative estimate of drug-likeness (QED) is 0.820. The van der Waals surface area contributed by atoms with E-state index in [-0.39, 0.29) is 30.9 Å². The number of halogens is 3. The van der Waals surface area contributed by atoms with Gasteiger partial charge < -0.3 is 10.4 Å².